The molecule has 1 atom stereocenters. The fraction of sp³-hybridized carbons (Fsp3) is 0.667. The van der Waals surface area contributed by atoms with Crippen LogP contribution in [0.5, 0.6) is 0 Å². The molecule has 1 aromatic rings. The van der Waals surface area contributed by atoms with Gasteiger partial charge in [-0.2, -0.15) is 0 Å². The van der Waals surface area contributed by atoms with Crippen molar-refractivity contribution in [2.45, 2.75) is 39.5 Å². The van der Waals surface area contributed by atoms with Gasteiger partial charge in [0.05, 0.1) is 12.4 Å². The Labute approximate surface area is 120 Å². The molecule has 5 nitrogen and oxygen atoms in total. The zero-order valence-corrected chi connectivity index (χ0v) is 12.4. The van der Waals surface area contributed by atoms with Gasteiger partial charge in [0, 0.05) is 19.6 Å². The summed E-state index contributed by atoms with van der Waals surface area (Å²) in [6, 6.07) is 0. The molecule has 0 aliphatic carbocycles. The van der Waals surface area contributed by atoms with Crippen molar-refractivity contribution in [3.8, 4) is 0 Å². The van der Waals surface area contributed by atoms with Gasteiger partial charge in [-0.05, 0) is 25.2 Å². The van der Waals surface area contributed by atoms with Gasteiger partial charge in [-0.3, -0.25) is 9.78 Å². The molecule has 1 aliphatic rings. The number of hydrogen-bond donors (Lipinski definition) is 1. The third-order valence-corrected chi connectivity index (χ3v) is 3.68. The van der Waals surface area contributed by atoms with Gasteiger partial charge >= 0.3 is 0 Å². The van der Waals surface area contributed by atoms with E-state index in [1.54, 1.807) is 12.4 Å². The van der Waals surface area contributed by atoms with E-state index in [2.05, 4.69) is 29.1 Å². The summed E-state index contributed by atoms with van der Waals surface area (Å²) in [6.45, 7) is 6.83. The Morgan fingerprint density at radius 2 is 2.25 bits per heavy atom. The SMILES string of the molecule is CCCNc1cncc(C(=O)N2CCC(CCC)C2)n1. The number of carbonyl (C=O) groups excluding carboxylic acids is 1. The Kier molecular flexibility index (Phi) is 5.32. The molecule has 0 spiro atoms. The summed E-state index contributed by atoms with van der Waals surface area (Å²) >= 11 is 0. The maximum atomic E-state index is 12.4. The summed E-state index contributed by atoms with van der Waals surface area (Å²) in [5, 5.41) is 3.16. The zero-order valence-electron chi connectivity index (χ0n) is 12.4. The maximum Gasteiger partial charge on any atom is 0.274 e. The predicted molar refractivity (Wildman–Crippen MR) is 79.7 cm³/mol. The first-order valence-corrected chi connectivity index (χ1v) is 7.59. The largest absolute Gasteiger partial charge is 0.369 e. The number of amides is 1. The van der Waals surface area contributed by atoms with E-state index in [4.69, 9.17) is 0 Å². The highest BCUT2D eigenvalue weighted by Crippen LogP contribution is 2.22. The third-order valence-electron chi connectivity index (χ3n) is 3.68. The first-order valence-electron chi connectivity index (χ1n) is 7.59. The van der Waals surface area contributed by atoms with Crippen molar-refractivity contribution < 1.29 is 4.79 Å². The van der Waals surface area contributed by atoms with Crippen LogP contribution < -0.4 is 5.32 Å². The van der Waals surface area contributed by atoms with Crippen molar-refractivity contribution in [1.82, 2.24) is 14.9 Å². The van der Waals surface area contributed by atoms with Crippen molar-refractivity contribution in [1.29, 1.82) is 0 Å². The highest BCUT2D eigenvalue weighted by atomic mass is 16.2. The molecule has 2 rings (SSSR count). The van der Waals surface area contributed by atoms with E-state index in [0.29, 0.717) is 17.4 Å². The molecule has 0 saturated carbocycles. The van der Waals surface area contributed by atoms with Crippen molar-refractivity contribution in [3.05, 3.63) is 18.1 Å². The molecule has 5 heteroatoms. The monoisotopic (exact) mass is 276 g/mol. The molecule has 2 heterocycles. The highest BCUT2D eigenvalue weighted by Gasteiger charge is 2.27. The highest BCUT2D eigenvalue weighted by molar-refractivity contribution is 5.92. The lowest BCUT2D eigenvalue weighted by Gasteiger charge is -2.16. The molecule has 1 aliphatic heterocycles. The smallest absolute Gasteiger partial charge is 0.274 e. The van der Waals surface area contributed by atoms with E-state index >= 15 is 0 Å². The fourth-order valence-electron chi connectivity index (χ4n) is 2.63. The molecule has 0 bridgehead atoms. The number of nitrogens with one attached hydrogen (secondary N) is 1. The van der Waals surface area contributed by atoms with Crippen LogP contribution in [0.3, 0.4) is 0 Å². The molecular formula is C15H24N4O. The van der Waals surface area contributed by atoms with Gasteiger partial charge in [-0.1, -0.05) is 20.3 Å². The van der Waals surface area contributed by atoms with Crippen LogP contribution in [-0.2, 0) is 0 Å². The van der Waals surface area contributed by atoms with Crippen LogP contribution in [-0.4, -0.2) is 40.4 Å². The first-order chi connectivity index (χ1) is 9.74. The van der Waals surface area contributed by atoms with Crippen molar-refractivity contribution in [3.63, 3.8) is 0 Å². The van der Waals surface area contributed by atoms with Gasteiger partial charge in [0.1, 0.15) is 11.5 Å². The van der Waals surface area contributed by atoms with Crippen LogP contribution in [0.15, 0.2) is 12.4 Å². The van der Waals surface area contributed by atoms with Gasteiger partial charge in [0.2, 0.25) is 0 Å². The average molecular weight is 276 g/mol. The van der Waals surface area contributed by atoms with E-state index in [0.717, 1.165) is 32.5 Å². The van der Waals surface area contributed by atoms with Crippen molar-refractivity contribution in [2.24, 2.45) is 5.92 Å². The van der Waals surface area contributed by atoms with E-state index in [-0.39, 0.29) is 5.91 Å². The van der Waals surface area contributed by atoms with Gasteiger partial charge in [0.15, 0.2) is 0 Å². The minimum Gasteiger partial charge on any atom is -0.369 e. The number of nitrogens with zero attached hydrogens (tertiary/aromatic N) is 3. The molecule has 1 aromatic heterocycles. The fourth-order valence-corrected chi connectivity index (χ4v) is 2.63. The lowest BCUT2D eigenvalue weighted by atomic mass is 10.0. The molecule has 110 valence electrons. The van der Waals surface area contributed by atoms with Gasteiger partial charge in [0.25, 0.3) is 5.91 Å². The van der Waals surface area contributed by atoms with Crippen LogP contribution in [0.2, 0.25) is 0 Å². The minimum atomic E-state index is 0.0104. The zero-order chi connectivity index (χ0) is 14.4. The van der Waals surface area contributed by atoms with E-state index in [1.807, 2.05) is 4.90 Å². The molecule has 1 amide bonds. The molecule has 1 unspecified atom stereocenters. The number of likely N-dealkylation sites (tertiary alicyclic amines) is 1. The molecule has 0 aromatic carbocycles. The van der Waals surface area contributed by atoms with Crippen LogP contribution in [0, 0.1) is 5.92 Å². The number of rotatable bonds is 6. The molecule has 20 heavy (non-hydrogen) atoms. The second-order valence-electron chi connectivity index (χ2n) is 5.41. The van der Waals surface area contributed by atoms with Crippen molar-refractivity contribution in [2.75, 3.05) is 25.0 Å². The first kappa shape index (κ1) is 14.8. The van der Waals surface area contributed by atoms with Gasteiger partial charge < -0.3 is 10.2 Å². The lowest BCUT2D eigenvalue weighted by Crippen LogP contribution is -2.29. The van der Waals surface area contributed by atoms with Gasteiger partial charge in [-0.25, -0.2) is 4.98 Å². The third kappa shape index (κ3) is 3.68. The Morgan fingerprint density at radius 1 is 1.40 bits per heavy atom. The number of carbonyl (C=O) groups is 1. The summed E-state index contributed by atoms with van der Waals surface area (Å²) < 4.78 is 0. The molecule has 1 saturated heterocycles. The Bertz CT molecular complexity index is 449. The second kappa shape index (κ2) is 7.22. The van der Waals surface area contributed by atoms with E-state index in [9.17, 15) is 4.79 Å². The second-order valence-corrected chi connectivity index (χ2v) is 5.41. The normalized spacial score (nSPS) is 18.3. The standard InChI is InChI=1S/C15H24N4O/c1-3-5-12-6-8-19(11-12)15(20)13-9-16-10-14(18-13)17-7-4-2/h9-10,12H,3-8,11H2,1-2H3,(H,17,18). The van der Waals surface area contributed by atoms with Crippen molar-refractivity contribution >= 4 is 11.7 Å². The van der Waals surface area contributed by atoms with Gasteiger partial charge in [-0.15, -0.1) is 0 Å². The Hall–Kier alpha value is -1.65. The topological polar surface area (TPSA) is 58.1 Å². The number of hydrogen-bond acceptors (Lipinski definition) is 4. The summed E-state index contributed by atoms with van der Waals surface area (Å²) in [7, 11) is 0. The van der Waals surface area contributed by atoms with Crippen LogP contribution >= 0.6 is 0 Å². The molecule has 0 radical (unpaired) electrons. The number of anilines is 1. The summed E-state index contributed by atoms with van der Waals surface area (Å²) in [4.78, 5) is 22.8. The molecular weight excluding hydrogens is 252 g/mol. The quantitative estimate of drug-likeness (QED) is 0.867. The summed E-state index contributed by atoms with van der Waals surface area (Å²) in [5.74, 6) is 1.34. The lowest BCUT2D eigenvalue weighted by molar-refractivity contribution is 0.0780. The van der Waals surface area contributed by atoms with Crippen LogP contribution in [0.1, 0.15) is 50.0 Å². The van der Waals surface area contributed by atoms with E-state index in [1.165, 1.54) is 12.8 Å². The molecule has 1 fully saturated rings. The molecule has 1 N–H and O–H groups in total. The maximum absolute atomic E-state index is 12.4. The predicted octanol–water partition coefficient (Wildman–Crippen LogP) is 2.56. The Balaban J connectivity index is 1.98. The summed E-state index contributed by atoms with van der Waals surface area (Å²) in [6.07, 6.45) is 7.74. The van der Waals surface area contributed by atoms with Crippen LogP contribution in [0.4, 0.5) is 5.82 Å². The van der Waals surface area contributed by atoms with Crippen LogP contribution in [0.25, 0.3) is 0 Å². The van der Waals surface area contributed by atoms with E-state index < -0.39 is 0 Å². The minimum absolute atomic E-state index is 0.0104. The average Bonchev–Trinajstić information content (AvgIpc) is 2.93. The Morgan fingerprint density at radius 3 is 3.00 bits per heavy atom. The summed E-state index contributed by atoms with van der Waals surface area (Å²) in [5.41, 5.74) is 0.447. The number of aromatic nitrogens is 2.